The predicted octanol–water partition coefficient (Wildman–Crippen LogP) is 2.74. The Hall–Kier alpha value is -2.15. The third-order valence-corrected chi connectivity index (χ3v) is 4.98. The summed E-state index contributed by atoms with van der Waals surface area (Å²) in [5, 5.41) is 3.19. The van der Waals surface area contributed by atoms with Crippen LogP contribution in [0.5, 0.6) is 0 Å². The fourth-order valence-electron chi connectivity index (χ4n) is 2.73. The van der Waals surface area contributed by atoms with E-state index < -0.39 is 0 Å². The summed E-state index contributed by atoms with van der Waals surface area (Å²) < 4.78 is 4.99. The first-order chi connectivity index (χ1) is 11.7. The summed E-state index contributed by atoms with van der Waals surface area (Å²) in [6.45, 7) is 7.97. The first-order valence-corrected chi connectivity index (χ1v) is 9.10. The number of aryl methyl sites for hydroxylation is 1. The topological polar surface area (TPSA) is 58.6 Å². The van der Waals surface area contributed by atoms with Crippen molar-refractivity contribution in [3.05, 3.63) is 35.0 Å². The van der Waals surface area contributed by atoms with E-state index in [-0.39, 0.29) is 5.97 Å². The molecule has 128 valence electrons. The highest BCUT2D eigenvalue weighted by molar-refractivity contribution is 7.13. The minimum absolute atomic E-state index is 0.322. The second-order valence-corrected chi connectivity index (χ2v) is 6.56. The summed E-state index contributed by atoms with van der Waals surface area (Å²) in [4.78, 5) is 25.3. The molecule has 0 spiro atoms. The molecule has 0 radical (unpaired) electrons. The maximum absolute atomic E-state index is 11.7. The van der Waals surface area contributed by atoms with Crippen LogP contribution in [-0.4, -0.2) is 48.7 Å². The van der Waals surface area contributed by atoms with Gasteiger partial charge >= 0.3 is 5.97 Å². The second kappa shape index (κ2) is 7.61. The van der Waals surface area contributed by atoms with E-state index in [1.165, 1.54) is 0 Å². The molecular formula is C17H22N4O2S. The Morgan fingerprint density at radius 3 is 2.71 bits per heavy atom. The van der Waals surface area contributed by atoms with Gasteiger partial charge in [0.15, 0.2) is 5.13 Å². The number of hydrogen-bond acceptors (Lipinski definition) is 7. The maximum Gasteiger partial charge on any atom is 0.339 e. The number of carbonyl (C=O) groups is 1. The Labute approximate surface area is 146 Å². The molecule has 1 saturated heterocycles. The number of esters is 1. The third kappa shape index (κ3) is 3.84. The molecule has 3 heterocycles. The standard InChI is InChI=1S/C17H22N4O2S/c1-3-23-16(22)14-5-6-15(18-11-14)20-7-4-8-21(10-9-20)17-19-13(2)12-24-17/h5-6,11-12H,3-4,7-10H2,1-2H3. The molecule has 0 aliphatic carbocycles. The van der Waals surface area contributed by atoms with Gasteiger partial charge in [0.2, 0.25) is 0 Å². The lowest BCUT2D eigenvalue weighted by molar-refractivity contribution is 0.0526. The van der Waals surface area contributed by atoms with Gasteiger partial charge in [0, 0.05) is 37.8 Å². The van der Waals surface area contributed by atoms with Gasteiger partial charge in [0.05, 0.1) is 17.9 Å². The quantitative estimate of drug-likeness (QED) is 0.794. The van der Waals surface area contributed by atoms with Crippen LogP contribution in [0.4, 0.5) is 10.9 Å². The van der Waals surface area contributed by atoms with Gasteiger partial charge in [-0.3, -0.25) is 0 Å². The SMILES string of the molecule is CCOC(=O)c1ccc(N2CCCN(c3nc(C)cs3)CC2)nc1. The Morgan fingerprint density at radius 1 is 1.25 bits per heavy atom. The Bertz CT molecular complexity index is 686. The van der Waals surface area contributed by atoms with Crippen LogP contribution in [0.25, 0.3) is 0 Å². The summed E-state index contributed by atoms with van der Waals surface area (Å²) in [7, 11) is 0. The number of hydrogen-bond donors (Lipinski definition) is 0. The second-order valence-electron chi connectivity index (χ2n) is 5.72. The molecule has 0 bridgehead atoms. The number of carbonyl (C=O) groups excluding carboxylic acids is 1. The van der Waals surface area contributed by atoms with Crippen LogP contribution < -0.4 is 9.80 Å². The van der Waals surface area contributed by atoms with E-state index in [0.717, 1.165) is 49.2 Å². The van der Waals surface area contributed by atoms with Crippen molar-refractivity contribution >= 4 is 28.3 Å². The van der Waals surface area contributed by atoms with Crippen molar-refractivity contribution in [3.8, 4) is 0 Å². The van der Waals surface area contributed by atoms with E-state index in [0.29, 0.717) is 12.2 Å². The molecule has 0 unspecified atom stereocenters. The molecule has 0 amide bonds. The molecule has 0 atom stereocenters. The van der Waals surface area contributed by atoms with E-state index in [1.807, 2.05) is 13.0 Å². The number of ether oxygens (including phenoxy) is 1. The smallest absolute Gasteiger partial charge is 0.339 e. The molecule has 1 aliphatic heterocycles. The van der Waals surface area contributed by atoms with E-state index >= 15 is 0 Å². The predicted molar refractivity (Wildman–Crippen MR) is 96.1 cm³/mol. The zero-order valence-corrected chi connectivity index (χ0v) is 14.9. The molecule has 3 rings (SSSR count). The normalized spacial score (nSPS) is 15.2. The van der Waals surface area contributed by atoms with Crippen LogP contribution >= 0.6 is 11.3 Å². The van der Waals surface area contributed by atoms with E-state index in [2.05, 4.69) is 25.1 Å². The lowest BCUT2D eigenvalue weighted by atomic mass is 10.2. The summed E-state index contributed by atoms with van der Waals surface area (Å²) >= 11 is 1.70. The molecule has 24 heavy (non-hydrogen) atoms. The van der Waals surface area contributed by atoms with Gasteiger partial charge in [0.1, 0.15) is 5.82 Å². The van der Waals surface area contributed by atoms with Gasteiger partial charge in [-0.2, -0.15) is 0 Å². The monoisotopic (exact) mass is 346 g/mol. The van der Waals surface area contributed by atoms with Crippen LogP contribution in [0.2, 0.25) is 0 Å². The number of rotatable bonds is 4. The molecular weight excluding hydrogens is 324 g/mol. The summed E-state index contributed by atoms with van der Waals surface area (Å²) in [6.07, 6.45) is 2.65. The third-order valence-electron chi connectivity index (χ3n) is 3.96. The van der Waals surface area contributed by atoms with Gasteiger partial charge in [0.25, 0.3) is 0 Å². The molecule has 0 N–H and O–H groups in total. The average Bonchev–Trinajstić information content (AvgIpc) is 2.88. The maximum atomic E-state index is 11.7. The van der Waals surface area contributed by atoms with Crippen LogP contribution in [0.15, 0.2) is 23.7 Å². The van der Waals surface area contributed by atoms with Crippen molar-refractivity contribution in [1.82, 2.24) is 9.97 Å². The fraction of sp³-hybridized carbons (Fsp3) is 0.471. The number of aromatic nitrogens is 2. The zero-order chi connectivity index (χ0) is 16.9. The highest BCUT2D eigenvalue weighted by Crippen LogP contribution is 2.22. The van der Waals surface area contributed by atoms with E-state index in [9.17, 15) is 4.79 Å². The molecule has 0 saturated carbocycles. The van der Waals surface area contributed by atoms with Crippen molar-refractivity contribution in [2.24, 2.45) is 0 Å². The Kier molecular flexibility index (Phi) is 5.30. The van der Waals surface area contributed by atoms with Crippen molar-refractivity contribution < 1.29 is 9.53 Å². The van der Waals surface area contributed by atoms with Gasteiger partial charge in [-0.1, -0.05) is 0 Å². The largest absolute Gasteiger partial charge is 0.462 e. The molecule has 6 nitrogen and oxygen atoms in total. The Balaban J connectivity index is 1.64. The van der Waals surface area contributed by atoms with Crippen molar-refractivity contribution in [2.45, 2.75) is 20.3 Å². The molecule has 1 fully saturated rings. The lowest BCUT2D eigenvalue weighted by Crippen LogP contribution is -2.31. The highest BCUT2D eigenvalue weighted by atomic mass is 32.1. The first-order valence-electron chi connectivity index (χ1n) is 8.22. The van der Waals surface area contributed by atoms with Gasteiger partial charge in [-0.25, -0.2) is 14.8 Å². The molecule has 7 heteroatoms. The molecule has 2 aromatic heterocycles. The van der Waals surface area contributed by atoms with Crippen molar-refractivity contribution in [1.29, 1.82) is 0 Å². The number of anilines is 2. The highest BCUT2D eigenvalue weighted by Gasteiger charge is 2.18. The zero-order valence-electron chi connectivity index (χ0n) is 14.1. The lowest BCUT2D eigenvalue weighted by Gasteiger charge is -2.22. The van der Waals surface area contributed by atoms with E-state index in [4.69, 9.17) is 4.74 Å². The van der Waals surface area contributed by atoms with E-state index in [1.54, 1.807) is 30.5 Å². The van der Waals surface area contributed by atoms with Crippen LogP contribution in [-0.2, 0) is 4.74 Å². The minimum atomic E-state index is -0.322. The fourth-order valence-corrected chi connectivity index (χ4v) is 3.59. The number of nitrogens with zero attached hydrogens (tertiary/aromatic N) is 4. The number of thiazole rings is 1. The van der Waals surface area contributed by atoms with Crippen molar-refractivity contribution in [2.75, 3.05) is 42.6 Å². The van der Waals surface area contributed by atoms with Gasteiger partial charge in [-0.15, -0.1) is 11.3 Å². The van der Waals surface area contributed by atoms with Crippen LogP contribution in [0.1, 0.15) is 29.4 Å². The summed E-state index contributed by atoms with van der Waals surface area (Å²) in [5.41, 5.74) is 1.57. The number of pyridine rings is 1. The summed E-state index contributed by atoms with van der Waals surface area (Å²) in [6, 6.07) is 3.68. The van der Waals surface area contributed by atoms with Crippen molar-refractivity contribution in [3.63, 3.8) is 0 Å². The van der Waals surface area contributed by atoms with Gasteiger partial charge < -0.3 is 14.5 Å². The Morgan fingerprint density at radius 2 is 2.04 bits per heavy atom. The summed E-state index contributed by atoms with van der Waals surface area (Å²) in [5.74, 6) is 0.581. The average molecular weight is 346 g/mol. The van der Waals surface area contributed by atoms with Gasteiger partial charge in [-0.05, 0) is 32.4 Å². The van der Waals surface area contributed by atoms with Crippen LogP contribution in [0.3, 0.4) is 0 Å². The first kappa shape index (κ1) is 16.7. The van der Waals surface area contributed by atoms with Crippen LogP contribution in [0, 0.1) is 6.92 Å². The minimum Gasteiger partial charge on any atom is -0.462 e. The molecule has 1 aliphatic rings. The molecule has 0 aromatic carbocycles. The molecule has 2 aromatic rings.